The molecule has 5 heteroatoms. The van der Waals surface area contributed by atoms with Gasteiger partial charge in [-0.2, -0.15) is 0 Å². The summed E-state index contributed by atoms with van der Waals surface area (Å²) in [6.07, 6.45) is 2.52. The highest BCUT2D eigenvalue weighted by Gasteiger charge is 2.68. The minimum absolute atomic E-state index is 0.000712. The molecular weight excluding hydrogens is 248 g/mol. The summed E-state index contributed by atoms with van der Waals surface area (Å²) in [7, 11) is 3.14. The molecule has 19 heavy (non-hydrogen) atoms. The van der Waals surface area contributed by atoms with E-state index in [1.54, 1.807) is 7.11 Å². The van der Waals surface area contributed by atoms with E-state index in [0.29, 0.717) is 0 Å². The second-order valence-corrected chi connectivity index (χ2v) is 6.35. The van der Waals surface area contributed by atoms with Gasteiger partial charge < -0.3 is 18.9 Å². The van der Waals surface area contributed by atoms with Gasteiger partial charge in [0.25, 0.3) is 0 Å². The van der Waals surface area contributed by atoms with Crippen molar-refractivity contribution >= 4 is 5.97 Å². The third kappa shape index (κ3) is 1.75. The Kier molecular flexibility index (Phi) is 2.93. The average Bonchev–Trinajstić information content (AvgIpc) is 2.79. The van der Waals surface area contributed by atoms with Crippen LogP contribution in [0.25, 0.3) is 0 Å². The molecule has 1 saturated heterocycles. The lowest BCUT2D eigenvalue weighted by Crippen LogP contribution is -2.52. The Hall–Kier alpha value is -0.650. The summed E-state index contributed by atoms with van der Waals surface area (Å²) >= 11 is 0. The molecule has 0 bridgehead atoms. The van der Waals surface area contributed by atoms with Crippen LogP contribution in [0.1, 0.15) is 33.1 Å². The summed E-state index contributed by atoms with van der Waals surface area (Å²) in [6.45, 7) is 3.83. The maximum atomic E-state index is 11.9. The van der Waals surface area contributed by atoms with Crippen molar-refractivity contribution in [2.24, 2.45) is 11.3 Å². The summed E-state index contributed by atoms with van der Waals surface area (Å²) in [5.41, 5.74) is -0.161. The lowest BCUT2D eigenvalue weighted by Gasteiger charge is -2.48. The normalized spacial score (nSPS) is 46.9. The summed E-state index contributed by atoms with van der Waals surface area (Å²) < 4.78 is 22.5. The van der Waals surface area contributed by atoms with Crippen molar-refractivity contribution in [3.05, 3.63) is 0 Å². The van der Waals surface area contributed by atoms with Gasteiger partial charge in [-0.3, -0.25) is 4.79 Å². The van der Waals surface area contributed by atoms with Gasteiger partial charge in [-0.15, -0.1) is 0 Å². The number of carbonyl (C=O) groups excluding carboxylic acids is 1. The van der Waals surface area contributed by atoms with Crippen molar-refractivity contribution < 1.29 is 23.7 Å². The van der Waals surface area contributed by atoms with Crippen LogP contribution in [0.5, 0.6) is 0 Å². The Morgan fingerprint density at radius 1 is 1.26 bits per heavy atom. The Labute approximate surface area is 113 Å². The van der Waals surface area contributed by atoms with Gasteiger partial charge in [0, 0.05) is 12.5 Å². The standard InChI is InChI=1S/C14H22O5/c1-13(2)18-10-9(16-3)7-14(11(10)19-13)6-5-8(14)12(15)17-4/h8-11H,5-7H2,1-4H3/t8-,9-,10?,11-,14-/m1/s1. The molecule has 2 aliphatic carbocycles. The molecular formula is C14H22O5. The Bertz CT molecular complexity index is 393. The predicted octanol–water partition coefficient (Wildman–Crippen LogP) is 1.49. The van der Waals surface area contributed by atoms with E-state index < -0.39 is 5.79 Å². The smallest absolute Gasteiger partial charge is 0.309 e. The zero-order chi connectivity index (χ0) is 13.8. The van der Waals surface area contributed by atoms with Crippen molar-refractivity contribution in [1.29, 1.82) is 0 Å². The lowest BCUT2D eigenvalue weighted by molar-refractivity contribution is -0.200. The van der Waals surface area contributed by atoms with Crippen molar-refractivity contribution in [2.75, 3.05) is 14.2 Å². The van der Waals surface area contributed by atoms with Crippen LogP contribution in [0.4, 0.5) is 0 Å². The van der Waals surface area contributed by atoms with Crippen LogP contribution < -0.4 is 0 Å². The fourth-order valence-corrected chi connectivity index (χ4v) is 4.07. The third-order valence-corrected chi connectivity index (χ3v) is 5.02. The molecule has 1 unspecified atom stereocenters. The summed E-state index contributed by atoms with van der Waals surface area (Å²) in [5.74, 6) is -0.812. The molecule has 0 amide bonds. The molecule has 0 radical (unpaired) electrons. The number of esters is 1. The van der Waals surface area contributed by atoms with Crippen molar-refractivity contribution in [3.8, 4) is 0 Å². The number of carbonyl (C=O) groups is 1. The van der Waals surface area contributed by atoms with Gasteiger partial charge in [0.1, 0.15) is 6.10 Å². The number of ether oxygens (including phenoxy) is 4. The number of methoxy groups -OCH3 is 2. The maximum absolute atomic E-state index is 11.9. The minimum Gasteiger partial charge on any atom is -0.469 e. The van der Waals surface area contributed by atoms with Gasteiger partial charge in [0.2, 0.25) is 0 Å². The largest absolute Gasteiger partial charge is 0.469 e. The molecule has 1 aliphatic heterocycles. The molecule has 2 saturated carbocycles. The van der Waals surface area contributed by atoms with Crippen molar-refractivity contribution in [3.63, 3.8) is 0 Å². The second-order valence-electron chi connectivity index (χ2n) is 6.35. The van der Waals surface area contributed by atoms with E-state index in [1.165, 1.54) is 7.11 Å². The maximum Gasteiger partial charge on any atom is 0.309 e. The van der Waals surface area contributed by atoms with Crippen molar-refractivity contribution in [2.45, 2.75) is 57.2 Å². The number of hydrogen-bond donors (Lipinski definition) is 0. The Balaban J connectivity index is 1.89. The topological polar surface area (TPSA) is 54.0 Å². The highest BCUT2D eigenvalue weighted by molar-refractivity contribution is 5.75. The van der Waals surface area contributed by atoms with E-state index in [2.05, 4.69) is 0 Å². The Morgan fingerprint density at radius 3 is 2.53 bits per heavy atom. The van der Waals surface area contributed by atoms with Gasteiger partial charge in [-0.25, -0.2) is 0 Å². The summed E-state index contributed by atoms with van der Waals surface area (Å²) in [4.78, 5) is 11.9. The zero-order valence-corrected chi connectivity index (χ0v) is 12.0. The van der Waals surface area contributed by atoms with Gasteiger partial charge >= 0.3 is 5.97 Å². The van der Waals surface area contributed by atoms with Gasteiger partial charge in [-0.05, 0) is 33.1 Å². The molecule has 1 heterocycles. The third-order valence-electron chi connectivity index (χ3n) is 5.02. The molecule has 108 valence electrons. The molecule has 3 rings (SSSR count). The quantitative estimate of drug-likeness (QED) is 0.712. The monoisotopic (exact) mass is 270 g/mol. The van der Waals surface area contributed by atoms with Crippen molar-refractivity contribution in [1.82, 2.24) is 0 Å². The second kappa shape index (κ2) is 4.17. The highest BCUT2D eigenvalue weighted by Crippen LogP contribution is 2.62. The van der Waals surface area contributed by atoms with E-state index in [4.69, 9.17) is 18.9 Å². The number of rotatable bonds is 2. The van der Waals surface area contributed by atoms with Gasteiger partial charge in [0.15, 0.2) is 5.79 Å². The van der Waals surface area contributed by atoms with Gasteiger partial charge in [-0.1, -0.05) is 0 Å². The molecule has 3 fully saturated rings. The predicted molar refractivity (Wildman–Crippen MR) is 66.4 cm³/mol. The first-order valence-corrected chi connectivity index (χ1v) is 6.90. The van der Waals surface area contributed by atoms with E-state index in [1.807, 2.05) is 13.8 Å². The van der Waals surface area contributed by atoms with Gasteiger partial charge in [0.05, 0.1) is 25.2 Å². The van der Waals surface area contributed by atoms with E-state index in [0.717, 1.165) is 19.3 Å². The first-order valence-electron chi connectivity index (χ1n) is 6.90. The molecule has 5 atom stereocenters. The zero-order valence-electron chi connectivity index (χ0n) is 12.0. The SMILES string of the molecule is COC(=O)[C@H]1CC[C@@]12C[C@@H](OC)C1OC(C)(C)O[C@H]12. The molecule has 0 aromatic rings. The van der Waals surface area contributed by atoms with Crippen LogP contribution in [0.15, 0.2) is 0 Å². The molecule has 0 aromatic heterocycles. The highest BCUT2D eigenvalue weighted by atomic mass is 16.8. The van der Waals surface area contributed by atoms with E-state index >= 15 is 0 Å². The Morgan fingerprint density at radius 2 is 2.00 bits per heavy atom. The molecule has 3 aliphatic rings. The van der Waals surface area contributed by atoms with Crippen LogP contribution in [-0.2, 0) is 23.7 Å². The number of hydrogen-bond acceptors (Lipinski definition) is 5. The van der Waals surface area contributed by atoms with Crippen LogP contribution >= 0.6 is 0 Å². The van der Waals surface area contributed by atoms with Crippen LogP contribution in [0.2, 0.25) is 0 Å². The first-order chi connectivity index (χ1) is 8.93. The van der Waals surface area contributed by atoms with E-state index in [9.17, 15) is 4.79 Å². The average molecular weight is 270 g/mol. The summed E-state index contributed by atoms with van der Waals surface area (Å²) in [6, 6.07) is 0. The molecule has 0 N–H and O–H groups in total. The lowest BCUT2D eigenvalue weighted by atomic mass is 9.57. The van der Waals surface area contributed by atoms with Crippen LogP contribution in [0, 0.1) is 11.3 Å². The van der Waals surface area contributed by atoms with E-state index in [-0.39, 0.29) is 35.6 Å². The minimum atomic E-state index is -0.601. The number of fused-ring (bicyclic) bond motifs is 2. The first kappa shape index (κ1) is 13.3. The van der Waals surface area contributed by atoms with Crippen LogP contribution in [-0.4, -0.2) is 44.3 Å². The molecule has 0 aromatic carbocycles. The fraction of sp³-hybridized carbons (Fsp3) is 0.929. The summed E-state index contributed by atoms with van der Waals surface area (Å²) in [5, 5.41) is 0. The van der Waals surface area contributed by atoms with Crippen LogP contribution in [0.3, 0.4) is 0 Å². The molecule has 5 nitrogen and oxygen atoms in total. The fourth-order valence-electron chi connectivity index (χ4n) is 4.07. The molecule has 1 spiro atoms.